The number of alkyl carbamates (subject to hydrolysis) is 1. The Morgan fingerprint density at radius 3 is 2.64 bits per heavy atom. The van der Waals surface area contributed by atoms with E-state index in [1.165, 1.54) is 15.9 Å². The van der Waals surface area contributed by atoms with Gasteiger partial charge in [-0.25, -0.2) is 14.0 Å². The number of ether oxygens (including phenoxy) is 2. The number of H-pyrrole nitrogens is 1. The highest BCUT2D eigenvalue weighted by molar-refractivity contribution is 6.04. The standard InChI is InChI=1S/C38H48FN7O7/c1-37(2,3)53-35(50)40-28-13-8-6-4-5-7-11-24-18-38(24,34(49)41-31-17-29(43-44-31)22-14-15-22)42-32(47)30-16-25(20-46(30)33(28)48)52-36(51)45-19-23-10-9-12-27(39)26(23)21-45/h7,9-12,17,22,24-25,28,30H,4-6,8,13-16,18-21H2,1-3H3,(H,40,50)(H,42,47)(H2,41,43,44,49)/t24-,25-,28+,30+,38-/m1/s1. The van der Waals surface area contributed by atoms with E-state index in [1.807, 2.05) is 18.2 Å². The van der Waals surface area contributed by atoms with Crippen molar-refractivity contribution >= 4 is 35.7 Å². The van der Waals surface area contributed by atoms with Gasteiger partial charge < -0.3 is 30.3 Å². The van der Waals surface area contributed by atoms with Crippen LogP contribution in [-0.4, -0.2) is 85.8 Å². The molecular formula is C38H48FN7O7. The third kappa shape index (κ3) is 8.18. The number of hydrogen-bond donors (Lipinski definition) is 4. The molecule has 4 heterocycles. The smallest absolute Gasteiger partial charge is 0.410 e. The Hall–Kier alpha value is -4.95. The first-order valence-electron chi connectivity index (χ1n) is 18.7. The van der Waals surface area contributed by atoms with Crippen molar-refractivity contribution in [1.82, 2.24) is 30.6 Å². The molecule has 0 spiro atoms. The van der Waals surface area contributed by atoms with Gasteiger partial charge in [0.25, 0.3) is 5.91 Å². The first kappa shape index (κ1) is 36.4. The molecule has 53 heavy (non-hydrogen) atoms. The van der Waals surface area contributed by atoms with Gasteiger partial charge in [0.2, 0.25) is 11.8 Å². The van der Waals surface area contributed by atoms with Crippen molar-refractivity contribution in [3.63, 3.8) is 0 Å². The number of nitrogens with one attached hydrogen (secondary N) is 4. The fraction of sp³-hybridized carbons (Fsp3) is 0.579. The van der Waals surface area contributed by atoms with Crippen molar-refractivity contribution in [2.24, 2.45) is 5.92 Å². The number of carbonyl (C=O) groups is 5. The molecule has 3 aliphatic heterocycles. The maximum atomic E-state index is 14.4. The maximum absolute atomic E-state index is 14.4. The van der Waals surface area contributed by atoms with Crippen LogP contribution in [0.5, 0.6) is 0 Å². The minimum atomic E-state index is -1.28. The van der Waals surface area contributed by atoms with E-state index in [2.05, 4.69) is 26.1 Å². The summed E-state index contributed by atoms with van der Waals surface area (Å²) >= 11 is 0. The van der Waals surface area contributed by atoms with Crippen LogP contribution in [0.25, 0.3) is 0 Å². The number of halogens is 1. The van der Waals surface area contributed by atoms with Crippen LogP contribution in [0.4, 0.5) is 19.8 Å². The van der Waals surface area contributed by atoms with Crippen molar-refractivity contribution in [2.75, 3.05) is 11.9 Å². The Kier molecular flexibility index (Phi) is 9.94. The summed E-state index contributed by atoms with van der Waals surface area (Å²) in [6.45, 7) is 5.25. The van der Waals surface area contributed by atoms with E-state index in [-0.39, 0.29) is 32.0 Å². The Labute approximate surface area is 307 Å². The van der Waals surface area contributed by atoms with Crippen molar-refractivity contribution in [2.45, 2.75) is 127 Å². The lowest BCUT2D eigenvalue weighted by molar-refractivity contribution is -0.141. The molecule has 0 radical (unpaired) electrons. The number of aromatic nitrogens is 2. The van der Waals surface area contributed by atoms with Gasteiger partial charge in [-0.1, -0.05) is 37.1 Å². The van der Waals surface area contributed by atoms with Gasteiger partial charge in [-0.05, 0) is 70.9 Å². The molecule has 1 aromatic heterocycles. The van der Waals surface area contributed by atoms with Crippen LogP contribution in [-0.2, 0) is 36.9 Å². The van der Waals surface area contributed by atoms with E-state index in [0.29, 0.717) is 42.1 Å². The number of anilines is 1. The van der Waals surface area contributed by atoms with Crippen LogP contribution in [0.2, 0.25) is 0 Å². The molecule has 3 fully saturated rings. The lowest BCUT2D eigenvalue weighted by atomic mass is 10.0. The molecule has 2 aromatic rings. The second kappa shape index (κ2) is 14.5. The van der Waals surface area contributed by atoms with Gasteiger partial charge >= 0.3 is 12.2 Å². The lowest BCUT2D eigenvalue weighted by Gasteiger charge is -2.30. The molecule has 7 rings (SSSR count). The number of benzene rings is 1. The monoisotopic (exact) mass is 733 g/mol. The Morgan fingerprint density at radius 1 is 1.08 bits per heavy atom. The summed E-state index contributed by atoms with van der Waals surface area (Å²) in [6.07, 6.45) is 7.36. The number of amides is 5. The quantitative estimate of drug-likeness (QED) is 0.318. The highest BCUT2D eigenvalue weighted by Gasteiger charge is 2.61. The van der Waals surface area contributed by atoms with Gasteiger partial charge in [0, 0.05) is 42.1 Å². The molecule has 5 atom stereocenters. The molecule has 15 heteroatoms. The summed E-state index contributed by atoms with van der Waals surface area (Å²) in [5, 5.41) is 15.8. The van der Waals surface area contributed by atoms with Crippen molar-refractivity contribution in [1.29, 1.82) is 0 Å². The fourth-order valence-corrected chi connectivity index (χ4v) is 7.57. The zero-order valence-electron chi connectivity index (χ0n) is 30.4. The third-order valence-corrected chi connectivity index (χ3v) is 10.6. The molecular weight excluding hydrogens is 685 g/mol. The van der Waals surface area contributed by atoms with E-state index < -0.39 is 65.1 Å². The number of aromatic amines is 1. The highest BCUT2D eigenvalue weighted by atomic mass is 19.1. The SMILES string of the molecule is CC(C)(C)OC(=O)N[C@H]1CCCCCC=C[C@@H]2C[C@@]2(C(=O)Nc2cc(C3CC3)[nH]n2)NC(=O)[C@@H]2C[C@@H](OC(=O)N3Cc4cccc(F)c4C3)CN2C1=O. The van der Waals surface area contributed by atoms with Gasteiger partial charge in [-0.2, -0.15) is 5.10 Å². The largest absolute Gasteiger partial charge is 0.444 e. The van der Waals surface area contributed by atoms with E-state index in [4.69, 9.17) is 9.47 Å². The van der Waals surface area contributed by atoms with Crippen LogP contribution in [0.15, 0.2) is 36.4 Å². The predicted molar refractivity (Wildman–Crippen MR) is 190 cm³/mol. The molecule has 284 valence electrons. The van der Waals surface area contributed by atoms with Crippen molar-refractivity contribution in [3.8, 4) is 0 Å². The van der Waals surface area contributed by atoms with Crippen molar-refractivity contribution in [3.05, 3.63) is 59.1 Å². The van der Waals surface area contributed by atoms with E-state index >= 15 is 0 Å². The van der Waals surface area contributed by atoms with Gasteiger partial charge in [-0.3, -0.25) is 24.4 Å². The topological polar surface area (TPSA) is 175 Å². The van der Waals surface area contributed by atoms with E-state index in [1.54, 1.807) is 32.9 Å². The second-order valence-corrected chi connectivity index (χ2v) is 16.0. The van der Waals surface area contributed by atoms with Gasteiger partial charge in [-0.15, -0.1) is 0 Å². The summed E-state index contributed by atoms with van der Waals surface area (Å²) in [5.74, 6) is -1.42. The third-order valence-electron chi connectivity index (χ3n) is 10.6. The van der Waals surface area contributed by atoms with Crippen LogP contribution < -0.4 is 16.0 Å². The summed E-state index contributed by atoms with van der Waals surface area (Å²) in [7, 11) is 0. The zero-order chi connectivity index (χ0) is 37.5. The van der Waals surface area contributed by atoms with Gasteiger partial charge in [0.05, 0.1) is 13.1 Å². The van der Waals surface area contributed by atoms with Crippen LogP contribution in [0.3, 0.4) is 0 Å². The van der Waals surface area contributed by atoms with E-state index in [9.17, 15) is 28.4 Å². The second-order valence-electron chi connectivity index (χ2n) is 16.0. The van der Waals surface area contributed by atoms with Crippen LogP contribution in [0, 0.1) is 11.7 Å². The molecule has 4 N–H and O–H groups in total. The number of fused-ring (bicyclic) bond motifs is 3. The normalized spacial score (nSPS) is 27.4. The number of allylic oxidation sites excluding steroid dienone is 1. The molecule has 5 aliphatic rings. The minimum Gasteiger partial charge on any atom is -0.444 e. The average molecular weight is 734 g/mol. The molecule has 0 bridgehead atoms. The van der Waals surface area contributed by atoms with E-state index in [0.717, 1.165) is 37.8 Å². The summed E-state index contributed by atoms with van der Waals surface area (Å²) in [6, 6.07) is 4.36. The summed E-state index contributed by atoms with van der Waals surface area (Å²) < 4.78 is 25.8. The maximum Gasteiger partial charge on any atom is 0.410 e. The van der Waals surface area contributed by atoms with Gasteiger partial charge in [0.15, 0.2) is 5.82 Å². The van der Waals surface area contributed by atoms with Crippen molar-refractivity contribution < 1.29 is 37.8 Å². The molecule has 2 saturated carbocycles. The molecule has 5 amide bonds. The summed E-state index contributed by atoms with van der Waals surface area (Å²) in [4.78, 5) is 71.7. The first-order chi connectivity index (χ1) is 25.3. The highest BCUT2D eigenvalue weighted by Crippen LogP contribution is 2.46. The van der Waals surface area contributed by atoms with Crippen LogP contribution >= 0.6 is 0 Å². The van der Waals surface area contributed by atoms with Crippen LogP contribution in [0.1, 0.15) is 101 Å². The molecule has 0 unspecified atom stereocenters. The molecule has 14 nitrogen and oxygen atoms in total. The number of carbonyl (C=O) groups excluding carboxylic acids is 5. The average Bonchev–Trinajstić information content (AvgIpc) is 3.87. The number of rotatable bonds is 5. The first-order valence-corrected chi connectivity index (χ1v) is 18.7. The number of hydrogen-bond acceptors (Lipinski definition) is 8. The summed E-state index contributed by atoms with van der Waals surface area (Å²) in [5.41, 5.74) is -0.0338. The lowest BCUT2D eigenvalue weighted by Crippen LogP contribution is -2.57. The molecule has 1 saturated heterocycles. The Morgan fingerprint density at radius 2 is 1.89 bits per heavy atom. The zero-order valence-corrected chi connectivity index (χ0v) is 30.4. The Bertz CT molecular complexity index is 1800. The fourth-order valence-electron chi connectivity index (χ4n) is 7.57. The minimum absolute atomic E-state index is 0.0344. The van der Waals surface area contributed by atoms with Gasteiger partial charge in [0.1, 0.15) is 35.1 Å². The molecule has 1 aromatic carbocycles. The molecule has 2 aliphatic carbocycles. The number of nitrogens with zero attached hydrogens (tertiary/aromatic N) is 3. The Balaban J connectivity index is 1.12. The predicted octanol–water partition coefficient (Wildman–Crippen LogP) is 4.78.